The number of aliphatic hydroxyl groups is 1. The third kappa shape index (κ3) is 5.83. The highest BCUT2D eigenvalue weighted by Gasteiger charge is 2.10. The van der Waals surface area contributed by atoms with Gasteiger partial charge in [0.2, 0.25) is 5.91 Å². The first-order chi connectivity index (χ1) is 10.3. The van der Waals surface area contributed by atoms with Crippen LogP contribution in [0.15, 0.2) is 24.3 Å². The Morgan fingerprint density at radius 1 is 1.19 bits per heavy atom. The summed E-state index contributed by atoms with van der Waals surface area (Å²) in [5, 5.41) is 11.6. The second-order valence-corrected chi connectivity index (χ2v) is 5.31. The number of unbranched alkanes of at least 4 members (excludes halogenated alkanes) is 1. The Labute approximate surface area is 125 Å². The van der Waals surface area contributed by atoms with Gasteiger partial charge in [0.05, 0.1) is 13.2 Å². The molecular weight excluding hydrogens is 268 g/mol. The van der Waals surface area contributed by atoms with E-state index >= 15 is 0 Å². The number of nitrogens with one attached hydrogen (secondary N) is 1. The lowest BCUT2D eigenvalue weighted by Gasteiger charge is -2.26. The molecule has 21 heavy (non-hydrogen) atoms. The summed E-state index contributed by atoms with van der Waals surface area (Å²) >= 11 is 0. The molecule has 0 atom stereocenters. The van der Waals surface area contributed by atoms with Crippen molar-refractivity contribution >= 4 is 11.6 Å². The van der Waals surface area contributed by atoms with E-state index in [0.717, 1.165) is 45.0 Å². The topological polar surface area (TPSA) is 61.8 Å². The average Bonchev–Trinajstić information content (AvgIpc) is 2.51. The molecule has 1 amide bonds. The summed E-state index contributed by atoms with van der Waals surface area (Å²) in [6, 6.07) is 8.00. The molecule has 116 valence electrons. The Morgan fingerprint density at radius 3 is 2.57 bits per heavy atom. The number of hydrogen-bond donors (Lipinski definition) is 2. The molecule has 0 spiro atoms. The van der Waals surface area contributed by atoms with Crippen molar-refractivity contribution < 1.29 is 14.6 Å². The zero-order valence-electron chi connectivity index (χ0n) is 12.4. The van der Waals surface area contributed by atoms with Gasteiger partial charge in [-0.25, -0.2) is 0 Å². The number of aliphatic hydroxyl groups excluding tert-OH is 1. The average molecular weight is 292 g/mol. The van der Waals surface area contributed by atoms with Gasteiger partial charge < -0.3 is 15.2 Å². The van der Waals surface area contributed by atoms with E-state index in [-0.39, 0.29) is 12.5 Å². The van der Waals surface area contributed by atoms with Crippen molar-refractivity contribution in [3.05, 3.63) is 29.8 Å². The molecule has 2 rings (SSSR count). The number of morpholine rings is 1. The molecule has 1 saturated heterocycles. The van der Waals surface area contributed by atoms with E-state index < -0.39 is 0 Å². The Hall–Kier alpha value is -1.43. The van der Waals surface area contributed by atoms with Crippen LogP contribution < -0.4 is 5.32 Å². The van der Waals surface area contributed by atoms with Crippen molar-refractivity contribution in [2.75, 3.05) is 38.2 Å². The molecule has 0 aromatic heterocycles. The van der Waals surface area contributed by atoms with Gasteiger partial charge in [0.15, 0.2) is 0 Å². The maximum Gasteiger partial charge on any atom is 0.224 e. The molecule has 2 N–H and O–H groups in total. The van der Waals surface area contributed by atoms with Crippen molar-refractivity contribution in [1.29, 1.82) is 0 Å². The standard InChI is InChI=1S/C16H24N2O3/c19-10-2-1-3-16(20)17-15-6-4-14(5-7-15)13-18-8-11-21-12-9-18/h4-7,19H,1-3,8-13H2,(H,17,20). The first-order valence-corrected chi connectivity index (χ1v) is 7.57. The van der Waals surface area contributed by atoms with Crippen LogP contribution in [0.25, 0.3) is 0 Å². The number of anilines is 1. The van der Waals surface area contributed by atoms with E-state index in [1.54, 1.807) is 0 Å². The summed E-state index contributed by atoms with van der Waals surface area (Å²) < 4.78 is 5.34. The second kappa shape index (κ2) is 8.77. The minimum absolute atomic E-state index is 0.00405. The normalized spacial score (nSPS) is 15.9. The van der Waals surface area contributed by atoms with Crippen LogP contribution in [-0.4, -0.2) is 48.8 Å². The smallest absolute Gasteiger partial charge is 0.224 e. The van der Waals surface area contributed by atoms with Gasteiger partial charge in [-0.15, -0.1) is 0 Å². The number of hydrogen-bond acceptors (Lipinski definition) is 4. The van der Waals surface area contributed by atoms with Crippen LogP contribution in [-0.2, 0) is 16.1 Å². The first-order valence-electron chi connectivity index (χ1n) is 7.57. The molecule has 1 aliphatic rings. The molecule has 0 saturated carbocycles. The van der Waals surface area contributed by atoms with E-state index in [4.69, 9.17) is 9.84 Å². The predicted molar refractivity (Wildman–Crippen MR) is 82.1 cm³/mol. The van der Waals surface area contributed by atoms with E-state index in [1.807, 2.05) is 12.1 Å². The van der Waals surface area contributed by atoms with Gasteiger partial charge in [0.1, 0.15) is 0 Å². The van der Waals surface area contributed by atoms with Gasteiger partial charge >= 0.3 is 0 Å². The number of carbonyl (C=O) groups excluding carboxylic acids is 1. The summed E-state index contributed by atoms with van der Waals surface area (Å²) in [5.74, 6) is 0.00405. The summed E-state index contributed by atoms with van der Waals surface area (Å²) in [6.07, 6.45) is 1.85. The summed E-state index contributed by atoms with van der Waals surface area (Å²) in [4.78, 5) is 14.0. The van der Waals surface area contributed by atoms with E-state index in [2.05, 4.69) is 22.3 Å². The highest BCUT2D eigenvalue weighted by Crippen LogP contribution is 2.13. The van der Waals surface area contributed by atoms with E-state index in [9.17, 15) is 4.79 Å². The van der Waals surface area contributed by atoms with Crippen LogP contribution in [0.2, 0.25) is 0 Å². The minimum atomic E-state index is 0.00405. The van der Waals surface area contributed by atoms with Gasteiger partial charge in [-0.3, -0.25) is 9.69 Å². The predicted octanol–water partition coefficient (Wildman–Crippen LogP) is 1.62. The zero-order chi connectivity index (χ0) is 14.9. The number of nitrogens with zero attached hydrogens (tertiary/aromatic N) is 1. The third-order valence-electron chi connectivity index (χ3n) is 3.56. The maximum absolute atomic E-state index is 11.7. The van der Waals surface area contributed by atoms with Crippen molar-refractivity contribution in [2.45, 2.75) is 25.8 Å². The van der Waals surface area contributed by atoms with Gasteiger partial charge in [-0.2, -0.15) is 0 Å². The monoisotopic (exact) mass is 292 g/mol. The lowest BCUT2D eigenvalue weighted by atomic mass is 10.1. The van der Waals surface area contributed by atoms with Crippen LogP contribution >= 0.6 is 0 Å². The Morgan fingerprint density at radius 2 is 1.90 bits per heavy atom. The first kappa shape index (κ1) is 15.9. The summed E-state index contributed by atoms with van der Waals surface area (Å²) in [5.41, 5.74) is 2.07. The molecule has 1 aromatic carbocycles. The Bertz CT molecular complexity index is 428. The van der Waals surface area contributed by atoms with Crippen molar-refractivity contribution in [2.24, 2.45) is 0 Å². The molecule has 0 aliphatic carbocycles. The number of ether oxygens (including phenoxy) is 1. The van der Waals surface area contributed by atoms with Crippen LogP contribution in [0, 0.1) is 0 Å². The van der Waals surface area contributed by atoms with Crippen molar-refractivity contribution in [3.63, 3.8) is 0 Å². The molecule has 5 heteroatoms. The number of benzene rings is 1. The summed E-state index contributed by atoms with van der Waals surface area (Å²) in [7, 11) is 0. The fourth-order valence-corrected chi connectivity index (χ4v) is 2.33. The van der Waals surface area contributed by atoms with Gasteiger partial charge in [0.25, 0.3) is 0 Å². The van der Waals surface area contributed by atoms with Crippen LogP contribution in [0.3, 0.4) is 0 Å². The number of rotatable bonds is 7. The van der Waals surface area contributed by atoms with Crippen LogP contribution in [0.4, 0.5) is 5.69 Å². The fraction of sp³-hybridized carbons (Fsp3) is 0.562. The summed E-state index contributed by atoms with van der Waals surface area (Å²) in [6.45, 7) is 4.63. The molecule has 0 unspecified atom stereocenters. The maximum atomic E-state index is 11.7. The van der Waals surface area contributed by atoms with Gasteiger partial charge in [-0.1, -0.05) is 12.1 Å². The second-order valence-electron chi connectivity index (χ2n) is 5.31. The quantitative estimate of drug-likeness (QED) is 0.750. The van der Waals surface area contributed by atoms with Crippen LogP contribution in [0.5, 0.6) is 0 Å². The lowest BCUT2D eigenvalue weighted by molar-refractivity contribution is -0.116. The van der Waals surface area contributed by atoms with Crippen LogP contribution in [0.1, 0.15) is 24.8 Å². The molecule has 0 radical (unpaired) electrons. The largest absolute Gasteiger partial charge is 0.396 e. The fourth-order valence-electron chi connectivity index (χ4n) is 2.33. The van der Waals surface area contributed by atoms with E-state index in [0.29, 0.717) is 12.8 Å². The molecule has 1 heterocycles. The van der Waals surface area contributed by atoms with Crippen molar-refractivity contribution in [1.82, 2.24) is 4.90 Å². The third-order valence-corrected chi connectivity index (χ3v) is 3.56. The Balaban J connectivity index is 1.77. The van der Waals surface area contributed by atoms with Crippen molar-refractivity contribution in [3.8, 4) is 0 Å². The minimum Gasteiger partial charge on any atom is -0.396 e. The van der Waals surface area contributed by atoms with E-state index in [1.165, 1.54) is 5.56 Å². The molecule has 1 aliphatic heterocycles. The molecule has 5 nitrogen and oxygen atoms in total. The zero-order valence-corrected chi connectivity index (χ0v) is 12.4. The number of carbonyl (C=O) groups is 1. The highest BCUT2D eigenvalue weighted by molar-refractivity contribution is 5.90. The number of amides is 1. The van der Waals surface area contributed by atoms with Gasteiger partial charge in [0, 0.05) is 38.3 Å². The highest BCUT2D eigenvalue weighted by atomic mass is 16.5. The SMILES string of the molecule is O=C(CCCCO)Nc1ccc(CN2CCOCC2)cc1. The molecule has 1 aromatic rings. The molecule has 0 bridgehead atoms. The molecular formula is C16H24N2O3. The molecule has 1 fully saturated rings. The lowest BCUT2D eigenvalue weighted by Crippen LogP contribution is -2.35. The van der Waals surface area contributed by atoms with Gasteiger partial charge in [-0.05, 0) is 30.5 Å². The Kier molecular flexibility index (Phi) is 6.66.